The Labute approximate surface area is 205 Å². The summed E-state index contributed by atoms with van der Waals surface area (Å²) in [7, 11) is 1.55. The Balaban J connectivity index is 1.75. The van der Waals surface area contributed by atoms with Crippen molar-refractivity contribution in [2.24, 2.45) is 0 Å². The zero-order chi connectivity index (χ0) is 25.2. The number of ether oxygens (including phenoxy) is 2. The molecule has 3 rings (SSSR count). The molecule has 0 aliphatic carbocycles. The van der Waals surface area contributed by atoms with Gasteiger partial charge in [0.05, 0.1) is 37.9 Å². The van der Waals surface area contributed by atoms with Gasteiger partial charge in [-0.2, -0.15) is 0 Å². The molecule has 1 atom stereocenters. The fourth-order valence-electron chi connectivity index (χ4n) is 3.68. The summed E-state index contributed by atoms with van der Waals surface area (Å²) in [6.07, 6.45) is 3.28. The molecule has 2 heterocycles. The third-order valence-corrected chi connectivity index (χ3v) is 5.63. The molecule has 0 unspecified atom stereocenters. The zero-order valence-electron chi connectivity index (χ0n) is 20.6. The van der Waals surface area contributed by atoms with Crippen LogP contribution in [0, 0.1) is 6.92 Å². The zero-order valence-corrected chi connectivity index (χ0v) is 20.6. The molecule has 2 bridgehead atoms. The number of hydrogen-bond donors (Lipinski definition) is 2. The summed E-state index contributed by atoms with van der Waals surface area (Å²) in [4.78, 5) is 39.7. The van der Waals surface area contributed by atoms with Crippen LogP contribution in [0.1, 0.15) is 47.8 Å². The Kier molecular flexibility index (Phi) is 9.59. The molecule has 1 aliphatic rings. The first-order valence-corrected chi connectivity index (χ1v) is 11.8. The van der Waals surface area contributed by atoms with Gasteiger partial charge in [-0.15, -0.1) is 5.10 Å². The molecule has 190 valence electrons. The largest absolute Gasteiger partial charge is 0.493 e. The second-order valence-electron chi connectivity index (χ2n) is 8.57. The Morgan fingerprint density at radius 2 is 2.09 bits per heavy atom. The van der Waals surface area contributed by atoms with Crippen LogP contribution < -0.4 is 15.4 Å². The molecule has 11 nitrogen and oxygen atoms in total. The third kappa shape index (κ3) is 7.78. The number of amides is 3. The number of hydrogen-bond acceptors (Lipinski definition) is 7. The van der Waals surface area contributed by atoms with E-state index < -0.39 is 6.04 Å². The van der Waals surface area contributed by atoms with Crippen LogP contribution in [0.4, 0.5) is 0 Å². The Bertz CT molecular complexity index is 1020. The van der Waals surface area contributed by atoms with E-state index in [9.17, 15) is 14.4 Å². The number of fused-ring (bicyclic) bond motifs is 3. The van der Waals surface area contributed by atoms with Crippen molar-refractivity contribution in [1.29, 1.82) is 0 Å². The normalized spacial score (nSPS) is 18.3. The molecule has 0 spiro atoms. The number of nitrogens with zero attached hydrogens (tertiary/aromatic N) is 4. The van der Waals surface area contributed by atoms with E-state index >= 15 is 0 Å². The number of carbonyl (C=O) groups excluding carboxylic acids is 3. The van der Waals surface area contributed by atoms with Gasteiger partial charge in [0, 0.05) is 33.2 Å². The van der Waals surface area contributed by atoms with E-state index in [4.69, 9.17) is 9.47 Å². The lowest BCUT2D eigenvalue weighted by molar-refractivity contribution is -0.132. The molecule has 1 aliphatic heterocycles. The Morgan fingerprint density at radius 3 is 2.89 bits per heavy atom. The molecule has 0 radical (unpaired) electrons. The highest BCUT2D eigenvalue weighted by molar-refractivity contribution is 5.99. The lowest BCUT2D eigenvalue weighted by atomic mass is 10.1. The molecule has 35 heavy (non-hydrogen) atoms. The molecule has 1 aromatic heterocycles. The molecule has 1 aromatic carbocycles. The van der Waals surface area contributed by atoms with Crippen molar-refractivity contribution in [3.63, 3.8) is 0 Å². The van der Waals surface area contributed by atoms with Crippen molar-refractivity contribution >= 4 is 17.7 Å². The molecule has 0 fully saturated rings. The summed E-state index contributed by atoms with van der Waals surface area (Å²) in [5.74, 6) is -0.263. The summed E-state index contributed by atoms with van der Waals surface area (Å²) in [6, 6.07) is 4.61. The lowest BCUT2D eigenvalue weighted by Crippen LogP contribution is -2.45. The number of methoxy groups -OCH3 is 1. The van der Waals surface area contributed by atoms with Crippen molar-refractivity contribution < 1.29 is 23.9 Å². The van der Waals surface area contributed by atoms with E-state index in [0.717, 1.165) is 5.56 Å². The van der Waals surface area contributed by atoms with Crippen LogP contribution >= 0.6 is 0 Å². The molecule has 3 amide bonds. The van der Waals surface area contributed by atoms with Crippen LogP contribution in [-0.2, 0) is 27.4 Å². The second kappa shape index (κ2) is 12.8. The molecular weight excluding hydrogens is 452 g/mol. The van der Waals surface area contributed by atoms with Gasteiger partial charge in [0.2, 0.25) is 11.8 Å². The van der Waals surface area contributed by atoms with Gasteiger partial charge in [0.15, 0.2) is 0 Å². The smallest absolute Gasteiger partial charge is 0.255 e. The molecule has 0 saturated carbocycles. The van der Waals surface area contributed by atoms with Crippen molar-refractivity contribution in [3.8, 4) is 5.75 Å². The van der Waals surface area contributed by atoms with Gasteiger partial charge in [-0.25, -0.2) is 0 Å². The van der Waals surface area contributed by atoms with Gasteiger partial charge < -0.3 is 25.0 Å². The lowest BCUT2D eigenvalue weighted by Gasteiger charge is -2.22. The summed E-state index contributed by atoms with van der Waals surface area (Å²) in [5, 5.41) is 13.9. The van der Waals surface area contributed by atoms with Crippen LogP contribution in [0.2, 0.25) is 0 Å². The van der Waals surface area contributed by atoms with E-state index in [1.165, 1.54) is 0 Å². The third-order valence-electron chi connectivity index (χ3n) is 5.63. The van der Waals surface area contributed by atoms with E-state index in [1.54, 1.807) is 29.7 Å². The van der Waals surface area contributed by atoms with Crippen molar-refractivity contribution in [2.75, 3.05) is 33.4 Å². The van der Waals surface area contributed by atoms with Crippen molar-refractivity contribution in [2.45, 2.75) is 52.2 Å². The highest BCUT2D eigenvalue weighted by Gasteiger charge is 2.20. The van der Waals surface area contributed by atoms with Crippen molar-refractivity contribution in [1.82, 2.24) is 30.5 Å². The summed E-state index contributed by atoms with van der Waals surface area (Å²) in [5.41, 5.74) is 2.02. The standard InChI is InChI=1S/C24H34N6O5/c1-17-6-7-20-21(14-17)35-12-5-11-30-16-19(27-28-30)15-29(22(31)8-13-34-3)10-4-9-25-23(32)18(2)26-24(20)33/h6-7,14,16,18H,4-5,8-13,15H2,1-3H3,(H,25,32)(H,26,33)/t18-/m1/s1. The number of rotatable bonds is 3. The molecule has 2 aromatic rings. The van der Waals surface area contributed by atoms with Gasteiger partial charge in [-0.3, -0.25) is 19.1 Å². The van der Waals surface area contributed by atoms with Crippen molar-refractivity contribution in [3.05, 3.63) is 41.2 Å². The van der Waals surface area contributed by atoms with E-state index in [2.05, 4.69) is 20.9 Å². The minimum absolute atomic E-state index is 0.0549. The van der Waals surface area contributed by atoms with E-state index in [-0.39, 0.29) is 24.1 Å². The Morgan fingerprint density at radius 1 is 1.26 bits per heavy atom. The first-order valence-electron chi connectivity index (χ1n) is 11.8. The minimum atomic E-state index is -0.729. The van der Waals surface area contributed by atoms with Crippen LogP contribution in [0.15, 0.2) is 24.4 Å². The second-order valence-corrected chi connectivity index (χ2v) is 8.57. The average Bonchev–Trinajstić information content (AvgIpc) is 3.28. The Hall–Kier alpha value is -3.47. The average molecular weight is 487 g/mol. The first kappa shape index (κ1) is 26.1. The quantitative estimate of drug-likeness (QED) is 0.664. The fourth-order valence-corrected chi connectivity index (χ4v) is 3.68. The van der Waals surface area contributed by atoms with E-state index in [1.807, 2.05) is 25.3 Å². The van der Waals surface area contributed by atoms with Gasteiger partial charge in [-0.05, 0) is 38.0 Å². The van der Waals surface area contributed by atoms with Crippen LogP contribution in [0.25, 0.3) is 0 Å². The highest BCUT2D eigenvalue weighted by Crippen LogP contribution is 2.21. The maximum absolute atomic E-state index is 12.9. The van der Waals surface area contributed by atoms with Gasteiger partial charge in [-0.1, -0.05) is 11.3 Å². The summed E-state index contributed by atoms with van der Waals surface area (Å²) < 4.78 is 12.7. The predicted octanol–water partition coefficient (Wildman–Crippen LogP) is 1.06. The minimum Gasteiger partial charge on any atom is -0.493 e. The van der Waals surface area contributed by atoms with Crippen LogP contribution in [0.3, 0.4) is 0 Å². The first-order chi connectivity index (χ1) is 16.9. The van der Waals surface area contributed by atoms with Gasteiger partial charge in [0.1, 0.15) is 17.5 Å². The number of nitrogens with one attached hydrogen (secondary N) is 2. The molecule has 0 saturated heterocycles. The molecular formula is C24H34N6O5. The number of aromatic nitrogens is 3. The monoisotopic (exact) mass is 486 g/mol. The fraction of sp³-hybridized carbons (Fsp3) is 0.542. The van der Waals surface area contributed by atoms with Crippen LogP contribution in [0.5, 0.6) is 5.75 Å². The molecule has 2 N–H and O–H groups in total. The van der Waals surface area contributed by atoms with E-state index in [0.29, 0.717) is 69.2 Å². The highest BCUT2D eigenvalue weighted by atomic mass is 16.5. The summed E-state index contributed by atoms with van der Waals surface area (Å²) in [6.45, 7) is 5.96. The maximum atomic E-state index is 12.9. The molecule has 11 heteroatoms. The number of aryl methyl sites for hydroxylation is 2. The topological polar surface area (TPSA) is 128 Å². The predicted molar refractivity (Wildman–Crippen MR) is 128 cm³/mol. The SMILES string of the molecule is COCCC(=O)N1CCCNC(=O)[C@@H](C)NC(=O)c2ccc(C)cc2OCCCn2cc(nn2)C1. The maximum Gasteiger partial charge on any atom is 0.255 e. The summed E-state index contributed by atoms with van der Waals surface area (Å²) >= 11 is 0. The number of benzene rings is 1. The number of carbonyl (C=O) groups is 3. The van der Waals surface area contributed by atoms with Gasteiger partial charge in [0.25, 0.3) is 5.91 Å². The van der Waals surface area contributed by atoms with Crippen LogP contribution in [-0.4, -0.2) is 77.1 Å². The van der Waals surface area contributed by atoms with Gasteiger partial charge >= 0.3 is 0 Å².